The fourth-order valence-corrected chi connectivity index (χ4v) is 10.0. The van der Waals surface area contributed by atoms with Crippen molar-refractivity contribution in [1.82, 2.24) is 16.0 Å². The van der Waals surface area contributed by atoms with Gasteiger partial charge in [0.05, 0.1) is 38.2 Å². The molecule has 61 heavy (non-hydrogen) atoms. The highest BCUT2D eigenvalue weighted by molar-refractivity contribution is 8.76. The largest absolute Gasteiger partial charge is 0.490 e. The summed E-state index contributed by atoms with van der Waals surface area (Å²) in [7, 11) is -13.8. The smallest absolute Gasteiger partial charge is 0.481 e. The molecule has 0 bridgehead atoms. The second kappa shape index (κ2) is 26.1. The molecule has 0 aromatic heterocycles. The summed E-state index contributed by atoms with van der Waals surface area (Å²) in [5.41, 5.74) is 1.12. The van der Waals surface area contributed by atoms with Crippen LogP contribution in [0, 0.1) is 11.8 Å². The van der Waals surface area contributed by atoms with E-state index in [1.54, 1.807) is 36.5 Å². The standard InChI is InChI=1S/C32H44N3O21P3S2/c36-24-18-25(54-26(24)19-53-58(49,50)56-59(51,52)55-57(46,47)48)21-8-2-1-6-20(10-11-21)7-5-13-33-27(37)12-15-61-60-14-4-3-9-28(38)34-22(16-29(39)40)31(43)35-23(32(44)45)17-30(41)42/h1-2,6,8,10-11,22-26,36H,3-4,9,12-19H2,(H,33,37)(H,34,38)(H,35,43)(H,39,40)(H,41,42)(H,44,45)(H,49,50)(H,51,52)(H2,46,47,48)/b2-1-,6-1?,8-2?,11-10-,20-6-,20-10?,21-8+,21-11?/t22?,23?,24?,25-,26-/m1/s1. The number of phosphoric ester groups is 1. The Kier molecular flexibility index (Phi) is 22.9. The molecule has 0 aromatic rings. The maximum Gasteiger partial charge on any atom is 0.490 e. The third-order valence-corrected chi connectivity index (χ3v) is 13.8. The van der Waals surface area contributed by atoms with Gasteiger partial charge in [-0.2, -0.15) is 8.62 Å². The van der Waals surface area contributed by atoms with Gasteiger partial charge >= 0.3 is 41.4 Å². The molecular weight excluding hydrogens is 919 g/mol. The van der Waals surface area contributed by atoms with Gasteiger partial charge in [0.25, 0.3) is 0 Å². The summed E-state index contributed by atoms with van der Waals surface area (Å²) in [6.45, 7) is -0.771. The van der Waals surface area contributed by atoms with Crippen molar-refractivity contribution in [3.63, 3.8) is 0 Å². The lowest BCUT2D eigenvalue weighted by Gasteiger charge is -2.19. The average molecular weight is 964 g/mol. The monoisotopic (exact) mass is 963 g/mol. The lowest BCUT2D eigenvalue weighted by atomic mass is 10.0. The van der Waals surface area contributed by atoms with Crippen molar-refractivity contribution in [3.8, 4) is 11.8 Å². The highest BCUT2D eigenvalue weighted by Crippen LogP contribution is 2.66. The number of amides is 3. The Balaban J connectivity index is 1.68. The predicted octanol–water partition coefficient (Wildman–Crippen LogP) is 0.892. The van der Waals surface area contributed by atoms with E-state index >= 15 is 0 Å². The minimum atomic E-state index is -5.71. The van der Waals surface area contributed by atoms with Crippen molar-refractivity contribution in [2.24, 2.45) is 0 Å². The van der Waals surface area contributed by atoms with Gasteiger partial charge in [-0.3, -0.25) is 28.5 Å². The van der Waals surface area contributed by atoms with Gasteiger partial charge in [-0.25, -0.2) is 18.5 Å². The number of aliphatic hydroxyl groups excluding tert-OH is 1. The van der Waals surface area contributed by atoms with Crippen LogP contribution in [0.3, 0.4) is 0 Å². The molecule has 2 rings (SSSR count). The molecule has 0 radical (unpaired) electrons. The number of carbonyl (C=O) groups excluding carboxylic acids is 3. The first-order chi connectivity index (χ1) is 28.4. The molecule has 1 heterocycles. The lowest BCUT2D eigenvalue weighted by molar-refractivity contribution is -0.148. The van der Waals surface area contributed by atoms with Crippen LogP contribution in [0.4, 0.5) is 0 Å². The number of rotatable bonds is 26. The summed E-state index contributed by atoms with van der Waals surface area (Å²) in [4.78, 5) is 106. The molecule has 1 aliphatic carbocycles. The number of carboxylic acids is 3. The topological polar surface area (TPSA) is 388 Å². The van der Waals surface area contributed by atoms with Crippen LogP contribution in [-0.2, 0) is 60.3 Å². The summed E-state index contributed by atoms with van der Waals surface area (Å²) in [5.74, 6) is 0.185. The van der Waals surface area contributed by atoms with Gasteiger partial charge in [0, 0.05) is 36.3 Å². The first-order valence-corrected chi connectivity index (χ1v) is 24.6. The second-order valence-corrected chi connectivity index (χ2v) is 19.6. The molecule has 1 aliphatic heterocycles. The van der Waals surface area contributed by atoms with Crippen LogP contribution in [0.5, 0.6) is 0 Å². The molecule has 2 aliphatic rings. The van der Waals surface area contributed by atoms with Crippen molar-refractivity contribution in [2.75, 3.05) is 24.7 Å². The van der Waals surface area contributed by atoms with Crippen LogP contribution in [0.15, 0.2) is 47.6 Å². The van der Waals surface area contributed by atoms with Crippen molar-refractivity contribution in [2.45, 2.75) is 75.3 Å². The third-order valence-electron chi connectivity index (χ3n) is 7.55. The number of hydrogen-bond acceptors (Lipinski definition) is 16. The van der Waals surface area contributed by atoms with Gasteiger partial charge < -0.3 is 60.7 Å². The molecule has 11 N–H and O–H groups in total. The van der Waals surface area contributed by atoms with Gasteiger partial charge in [0.1, 0.15) is 18.2 Å². The van der Waals surface area contributed by atoms with Gasteiger partial charge in [-0.15, -0.1) is 0 Å². The van der Waals surface area contributed by atoms with Crippen molar-refractivity contribution in [1.29, 1.82) is 0 Å². The molecule has 5 unspecified atom stereocenters. The van der Waals surface area contributed by atoms with E-state index in [1.807, 2.05) is 5.32 Å². The van der Waals surface area contributed by atoms with E-state index in [0.717, 1.165) is 0 Å². The summed E-state index contributed by atoms with van der Waals surface area (Å²) in [6.07, 6.45) is 6.16. The Morgan fingerprint density at radius 3 is 2.13 bits per heavy atom. The molecule has 1 fully saturated rings. The summed E-state index contributed by atoms with van der Waals surface area (Å²) in [6, 6.07) is -3.43. The minimum Gasteiger partial charge on any atom is -0.481 e. The maximum absolute atomic E-state index is 12.4. The number of hydrogen-bond donors (Lipinski definition) is 11. The third kappa shape index (κ3) is 23.4. The van der Waals surface area contributed by atoms with Crippen LogP contribution in [0.1, 0.15) is 44.9 Å². The van der Waals surface area contributed by atoms with E-state index < -0.39 is 103 Å². The molecule has 1 saturated heterocycles. The van der Waals surface area contributed by atoms with Crippen molar-refractivity contribution >= 4 is 80.7 Å². The molecular formula is C32H44N3O21P3S2. The average Bonchev–Trinajstić information content (AvgIpc) is 3.48. The van der Waals surface area contributed by atoms with E-state index in [0.29, 0.717) is 35.5 Å². The van der Waals surface area contributed by atoms with Gasteiger partial charge in [0.2, 0.25) is 17.7 Å². The Morgan fingerprint density at radius 2 is 1.48 bits per heavy atom. The number of nitrogens with one attached hydrogen (secondary N) is 3. The maximum atomic E-state index is 12.4. The Bertz CT molecular complexity index is 1940. The van der Waals surface area contributed by atoms with Gasteiger partial charge in [0.15, 0.2) is 0 Å². The molecule has 0 aromatic carbocycles. The van der Waals surface area contributed by atoms with Crippen LogP contribution < -0.4 is 16.0 Å². The normalized spacial score (nSPS) is 23.2. The number of carboxylic acid groups (broad SMARTS) is 3. The zero-order valence-electron chi connectivity index (χ0n) is 31.7. The minimum absolute atomic E-state index is 0.0159. The molecule has 0 spiro atoms. The Hall–Kier alpha value is -3.63. The van der Waals surface area contributed by atoms with Gasteiger partial charge in [-0.05, 0) is 30.6 Å². The zero-order valence-corrected chi connectivity index (χ0v) is 36.0. The molecule has 7 atom stereocenters. The Labute approximate surface area is 355 Å². The quantitative estimate of drug-likeness (QED) is 0.0248. The first-order valence-electron chi connectivity index (χ1n) is 17.6. The molecule has 340 valence electrons. The number of aliphatic carboxylic acids is 3. The summed E-state index contributed by atoms with van der Waals surface area (Å²) >= 11 is 0. The predicted molar refractivity (Wildman–Crippen MR) is 214 cm³/mol. The van der Waals surface area contributed by atoms with Crippen molar-refractivity contribution in [3.05, 3.63) is 47.6 Å². The van der Waals surface area contributed by atoms with Gasteiger partial charge in [-0.1, -0.05) is 57.7 Å². The number of allylic oxidation sites excluding steroid dienone is 6. The summed E-state index contributed by atoms with van der Waals surface area (Å²) < 4.78 is 51.9. The highest BCUT2D eigenvalue weighted by atomic mass is 33.1. The zero-order chi connectivity index (χ0) is 45.8. The SMILES string of the molecule is O=C(O)CC(NC(=O)C(CC(=O)O)NC(=O)CCCCSSCCC(=O)NCC#CC1=C/C=C\C=C([C@H]2CC(O)[C@@H](COP(=O)(O)OP(=O)(O)OP(=O)(O)O)O2)/C=C\1)C(=O)O. The van der Waals surface area contributed by atoms with E-state index in [4.69, 9.17) is 29.8 Å². The highest BCUT2D eigenvalue weighted by Gasteiger charge is 2.43. The fourth-order valence-electron chi connectivity index (χ4n) is 4.86. The molecule has 29 heteroatoms. The fraction of sp³-hybridized carbons (Fsp3) is 0.500. The van der Waals surface area contributed by atoms with Crippen LogP contribution in [-0.4, -0.2) is 131 Å². The van der Waals surface area contributed by atoms with E-state index in [9.17, 15) is 57.4 Å². The van der Waals surface area contributed by atoms with E-state index in [2.05, 4.69) is 35.6 Å². The van der Waals surface area contributed by atoms with E-state index in [1.165, 1.54) is 21.6 Å². The number of aliphatic hydroxyl groups is 1. The van der Waals surface area contributed by atoms with Crippen LogP contribution >= 0.6 is 45.1 Å². The number of ether oxygens (including phenoxy) is 1. The second-order valence-electron chi connectivity index (χ2n) is 12.5. The lowest BCUT2D eigenvalue weighted by Crippen LogP contribution is -2.52. The van der Waals surface area contributed by atoms with Crippen LogP contribution in [0.25, 0.3) is 0 Å². The summed E-state index contributed by atoms with van der Waals surface area (Å²) in [5, 5.41) is 44.3. The van der Waals surface area contributed by atoms with Crippen molar-refractivity contribution < 1.29 is 100 Å². The number of phosphoric acid groups is 3. The Morgan fingerprint density at radius 1 is 0.820 bits per heavy atom. The molecule has 24 nitrogen and oxygen atoms in total. The molecule has 0 saturated carbocycles. The number of unbranched alkanes of at least 4 members (excludes halogenated alkanes) is 1. The van der Waals surface area contributed by atoms with E-state index in [-0.39, 0.29) is 31.7 Å². The first kappa shape index (κ1) is 53.5. The number of carbonyl (C=O) groups is 6. The van der Waals surface area contributed by atoms with Crippen LogP contribution in [0.2, 0.25) is 0 Å². The molecule has 3 amide bonds.